The molecule has 0 aromatic carbocycles. The molecule has 0 aromatic rings. The van der Waals surface area contributed by atoms with E-state index in [0.29, 0.717) is 0 Å². The van der Waals surface area contributed by atoms with Crippen molar-refractivity contribution in [1.82, 2.24) is 0 Å². The van der Waals surface area contributed by atoms with Gasteiger partial charge in [0.2, 0.25) is 0 Å². The number of hydrogen-bond acceptors (Lipinski definition) is 2. The van der Waals surface area contributed by atoms with E-state index in [1.54, 1.807) is 6.92 Å². The Morgan fingerprint density at radius 2 is 1.81 bits per heavy atom. The van der Waals surface area contributed by atoms with E-state index >= 15 is 0 Å². The number of aliphatic carboxylic acids is 1. The lowest BCUT2D eigenvalue weighted by molar-refractivity contribution is -0.144. The Morgan fingerprint density at radius 3 is 2.06 bits per heavy atom. The summed E-state index contributed by atoms with van der Waals surface area (Å²) in [6, 6.07) is 0. The zero-order chi connectivity index (χ0) is 13.1. The van der Waals surface area contributed by atoms with Crippen LogP contribution >= 0.6 is 0 Å². The number of carbonyl (C=O) groups is 1. The lowest BCUT2D eigenvalue weighted by atomic mass is 10.0. The van der Waals surface area contributed by atoms with E-state index in [-0.39, 0.29) is 11.1 Å². The second-order valence-electron chi connectivity index (χ2n) is 5.95. The van der Waals surface area contributed by atoms with E-state index in [9.17, 15) is 4.79 Å². The molecule has 0 amide bonds. The van der Waals surface area contributed by atoms with Crippen molar-refractivity contribution >= 4 is 14.3 Å². The Hall–Kier alpha value is -0.353. The van der Waals surface area contributed by atoms with Gasteiger partial charge in [0, 0.05) is 0 Å². The molecule has 0 saturated heterocycles. The number of hydrogen-bond donors (Lipinski definition) is 1. The SMILES string of the molecule is CC[C@@H](O[Si](C)(C)C(C)(C)C)[C@@H](C)C(=O)O. The first-order chi connectivity index (χ1) is 7.03. The quantitative estimate of drug-likeness (QED) is 0.755. The molecule has 0 aliphatic heterocycles. The van der Waals surface area contributed by atoms with Crippen molar-refractivity contribution in [3.63, 3.8) is 0 Å². The third-order valence-electron chi connectivity index (χ3n) is 3.60. The van der Waals surface area contributed by atoms with Crippen molar-refractivity contribution in [3.8, 4) is 0 Å². The van der Waals surface area contributed by atoms with Gasteiger partial charge in [0.05, 0.1) is 12.0 Å². The van der Waals surface area contributed by atoms with E-state index in [1.165, 1.54) is 0 Å². The van der Waals surface area contributed by atoms with Crippen LogP contribution in [0, 0.1) is 5.92 Å². The summed E-state index contributed by atoms with van der Waals surface area (Å²) in [5, 5.41) is 9.14. The maximum absolute atomic E-state index is 11.0. The van der Waals surface area contributed by atoms with Crippen LogP contribution in [-0.2, 0) is 9.22 Å². The second-order valence-corrected chi connectivity index (χ2v) is 10.7. The summed E-state index contributed by atoms with van der Waals surface area (Å²) < 4.78 is 6.13. The predicted octanol–water partition coefficient (Wildman–Crippen LogP) is 3.51. The fourth-order valence-corrected chi connectivity index (χ4v) is 2.73. The third kappa shape index (κ3) is 3.90. The van der Waals surface area contributed by atoms with Crippen LogP contribution in [0.25, 0.3) is 0 Å². The average molecular weight is 246 g/mol. The topological polar surface area (TPSA) is 46.5 Å². The molecule has 0 bridgehead atoms. The highest BCUT2D eigenvalue weighted by Crippen LogP contribution is 2.38. The van der Waals surface area contributed by atoms with Gasteiger partial charge in [-0.2, -0.15) is 0 Å². The molecule has 0 aliphatic rings. The Morgan fingerprint density at radius 1 is 1.38 bits per heavy atom. The van der Waals surface area contributed by atoms with Crippen molar-refractivity contribution in [2.75, 3.05) is 0 Å². The fraction of sp³-hybridized carbons (Fsp3) is 0.917. The maximum atomic E-state index is 11.0. The first kappa shape index (κ1) is 15.6. The van der Waals surface area contributed by atoms with Crippen molar-refractivity contribution < 1.29 is 14.3 Å². The molecular weight excluding hydrogens is 220 g/mol. The molecule has 16 heavy (non-hydrogen) atoms. The van der Waals surface area contributed by atoms with Gasteiger partial charge < -0.3 is 9.53 Å². The summed E-state index contributed by atoms with van der Waals surface area (Å²) in [6.07, 6.45) is 0.582. The summed E-state index contributed by atoms with van der Waals surface area (Å²) >= 11 is 0. The molecule has 0 spiro atoms. The molecule has 2 atom stereocenters. The minimum absolute atomic E-state index is 0.124. The first-order valence-corrected chi connectivity index (χ1v) is 8.84. The molecule has 3 nitrogen and oxygen atoms in total. The minimum Gasteiger partial charge on any atom is -0.481 e. The summed E-state index contributed by atoms with van der Waals surface area (Å²) in [6.45, 7) is 14.5. The smallest absolute Gasteiger partial charge is 0.308 e. The summed E-state index contributed by atoms with van der Waals surface area (Å²) in [4.78, 5) is 11.0. The monoisotopic (exact) mass is 246 g/mol. The minimum atomic E-state index is -1.86. The third-order valence-corrected chi connectivity index (χ3v) is 8.11. The fourth-order valence-electron chi connectivity index (χ4n) is 1.25. The molecule has 0 saturated carbocycles. The molecule has 0 aliphatic carbocycles. The average Bonchev–Trinajstić information content (AvgIpc) is 2.11. The molecule has 0 radical (unpaired) electrons. The molecule has 0 unspecified atom stereocenters. The normalized spacial score (nSPS) is 16.9. The summed E-state index contributed by atoms with van der Waals surface area (Å²) in [5.41, 5.74) is 0. The van der Waals surface area contributed by atoms with Gasteiger partial charge in [0.1, 0.15) is 0 Å². The van der Waals surface area contributed by atoms with E-state index in [4.69, 9.17) is 9.53 Å². The lowest BCUT2D eigenvalue weighted by Gasteiger charge is -2.40. The Kier molecular flexibility index (Phi) is 5.20. The molecular formula is C12H26O3Si. The first-order valence-electron chi connectivity index (χ1n) is 5.93. The largest absolute Gasteiger partial charge is 0.481 e. The van der Waals surface area contributed by atoms with Crippen LogP contribution in [0.2, 0.25) is 18.1 Å². The highest BCUT2D eigenvalue weighted by atomic mass is 28.4. The van der Waals surface area contributed by atoms with Gasteiger partial charge in [-0.1, -0.05) is 27.7 Å². The summed E-state index contributed by atoms with van der Waals surface area (Å²) in [7, 11) is -1.86. The van der Waals surface area contributed by atoms with Crippen LogP contribution in [0.5, 0.6) is 0 Å². The van der Waals surface area contributed by atoms with Gasteiger partial charge in [-0.15, -0.1) is 0 Å². The van der Waals surface area contributed by atoms with Crippen LogP contribution in [0.4, 0.5) is 0 Å². The van der Waals surface area contributed by atoms with Gasteiger partial charge >= 0.3 is 5.97 Å². The Bertz CT molecular complexity index is 243. The molecule has 0 fully saturated rings. The van der Waals surface area contributed by atoms with Gasteiger partial charge in [-0.05, 0) is 31.5 Å². The Balaban J connectivity index is 4.73. The van der Waals surface area contributed by atoms with Gasteiger partial charge in [-0.3, -0.25) is 4.79 Å². The number of carboxylic acids is 1. The van der Waals surface area contributed by atoms with Crippen LogP contribution in [0.15, 0.2) is 0 Å². The van der Waals surface area contributed by atoms with Crippen LogP contribution in [0.3, 0.4) is 0 Å². The van der Waals surface area contributed by atoms with E-state index < -0.39 is 20.2 Å². The van der Waals surface area contributed by atoms with Crippen LogP contribution in [0.1, 0.15) is 41.0 Å². The number of rotatable bonds is 5. The molecule has 96 valence electrons. The molecule has 4 heteroatoms. The van der Waals surface area contributed by atoms with E-state index in [2.05, 4.69) is 33.9 Å². The van der Waals surface area contributed by atoms with Crippen molar-refractivity contribution in [2.45, 2.75) is 65.3 Å². The second kappa shape index (κ2) is 5.32. The van der Waals surface area contributed by atoms with Crippen LogP contribution in [-0.4, -0.2) is 25.5 Å². The van der Waals surface area contributed by atoms with Crippen LogP contribution < -0.4 is 0 Å². The van der Waals surface area contributed by atoms with Crippen molar-refractivity contribution in [1.29, 1.82) is 0 Å². The standard InChI is InChI=1S/C12H26O3Si/c1-8-10(9(2)11(13)14)15-16(6,7)12(3,4)5/h9-10H,8H2,1-7H3,(H,13,14)/t9-,10-/m1/s1. The predicted molar refractivity (Wildman–Crippen MR) is 69.2 cm³/mol. The van der Waals surface area contributed by atoms with E-state index in [0.717, 1.165) is 6.42 Å². The zero-order valence-corrected chi connectivity index (χ0v) is 12.6. The van der Waals surface area contributed by atoms with Gasteiger partial charge in [0.25, 0.3) is 0 Å². The van der Waals surface area contributed by atoms with Gasteiger partial charge in [0.15, 0.2) is 8.32 Å². The zero-order valence-electron chi connectivity index (χ0n) is 11.6. The summed E-state index contributed by atoms with van der Waals surface area (Å²) in [5.74, 6) is -1.20. The maximum Gasteiger partial charge on any atom is 0.308 e. The molecule has 1 N–H and O–H groups in total. The highest BCUT2D eigenvalue weighted by Gasteiger charge is 2.40. The van der Waals surface area contributed by atoms with E-state index in [1.807, 2.05) is 6.92 Å². The highest BCUT2D eigenvalue weighted by molar-refractivity contribution is 6.74. The molecule has 0 rings (SSSR count). The van der Waals surface area contributed by atoms with Gasteiger partial charge in [-0.25, -0.2) is 0 Å². The Labute approximate surface area is 100 Å². The lowest BCUT2D eigenvalue weighted by Crippen LogP contribution is -2.46. The molecule has 0 aromatic heterocycles. The van der Waals surface area contributed by atoms with Crippen molar-refractivity contribution in [2.24, 2.45) is 5.92 Å². The van der Waals surface area contributed by atoms with Crippen molar-refractivity contribution in [3.05, 3.63) is 0 Å². The molecule has 0 heterocycles. The number of carboxylic acid groups (broad SMARTS) is 1.